The molecule has 1 N–H and O–H groups in total. The van der Waals surface area contributed by atoms with Gasteiger partial charge in [-0.2, -0.15) is 0 Å². The Bertz CT molecular complexity index is 1250. The van der Waals surface area contributed by atoms with Crippen LogP contribution < -0.4 is 9.05 Å². The van der Waals surface area contributed by atoms with Crippen LogP contribution >= 0.6 is 23.7 Å². The molecule has 37 heavy (non-hydrogen) atoms. The Labute approximate surface area is 226 Å². The van der Waals surface area contributed by atoms with E-state index < -0.39 is 7.75 Å². The summed E-state index contributed by atoms with van der Waals surface area (Å²) < 4.78 is 31.8. The number of para-hydroxylation sites is 2. The molecule has 3 aromatic rings. The summed E-state index contributed by atoms with van der Waals surface area (Å²) in [6, 6.07) is 25.6. The molecule has 0 bridgehead atoms. The lowest BCUT2D eigenvalue weighted by Crippen LogP contribution is -2.41. The molecule has 0 fully saturated rings. The predicted molar refractivity (Wildman–Crippen MR) is 152 cm³/mol. The molecule has 1 unspecified atom stereocenters. The maximum Gasteiger partial charge on any atom is 0.564 e. The molecule has 1 aliphatic rings. The third-order valence-electron chi connectivity index (χ3n) is 5.84. The van der Waals surface area contributed by atoms with Gasteiger partial charge in [-0.05, 0) is 48.7 Å². The number of hydrogen-bond acceptors (Lipinski definition) is 4. The highest BCUT2D eigenvalue weighted by Gasteiger charge is 2.33. The lowest BCUT2D eigenvalue weighted by atomic mass is 9.97. The van der Waals surface area contributed by atoms with Gasteiger partial charge in [0.1, 0.15) is 17.3 Å². The quantitative estimate of drug-likeness (QED) is 0.187. The zero-order valence-electron chi connectivity index (χ0n) is 20.4. The Morgan fingerprint density at radius 2 is 1.59 bits per heavy atom. The number of nitrogens with zero attached hydrogens (tertiary/aromatic N) is 2. The smallest absolute Gasteiger partial charge is 0.399 e. The van der Waals surface area contributed by atoms with Crippen molar-refractivity contribution in [1.29, 1.82) is 0 Å². The van der Waals surface area contributed by atoms with Gasteiger partial charge in [0.05, 0.1) is 6.04 Å². The van der Waals surface area contributed by atoms with Crippen LogP contribution in [-0.2, 0) is 11.1 Å². The molecule has 6 nitrogen and oxygen atoms in total. The fourth-order valence-corrected chi connectivity index (χ4v) is 5.84. The van der Waals surface area contributed by atoms with Crippen LogP contribution in [0.3, 0.4) is 0 Å². The van der Waals surface area contributed by atoms with E-state index in [4.69, 9.17) is 13.8 Å². The SMILES string of the molecule is C=CC1C=C(CCCO)C/C(=N\P(=O)(Oc2ccccc2)Oc2ccccc2)N1Cc1ccccc1Br. The fraction of sp³-hybridized carbons (Fsp3) is 0.207. The van der Waals surface area contributed by atoms with E-state index >= 15 is 0 Å². The number of rotatable bonds is 11. The minimum Gasteiger partial charge on any atom is -0.399 e. The number of halogens is 1. The third-order valence-corrected chi connectivity index (χ3v) is 7.98. The molecule has 0 amide bonds. The van der Waals surface area contributed by atoms with Crippen molar-refractivity contribution in [3.63, 3.8) is 0 Å². The lowest BCUT2D eigenvalue weighted by Gasteiger charge is -2.36. The van der Waals surface area contributed by atoms with Crippen molar-refractivity contribution in [3.05, 3.63) is 119 Å². The van der Waals surface area contributed by atoms with Crippen molar-refractivity contribution >= 4 is 29.5 Å². The molecule has 8 heteroatoms. The van der Waals surface area contributed by atoms with Gasteiger partial charge in [-0.1, -0.05) is 88.3 Å². The van der Waals surface area contributed by atoms with E-state index in [9.17, 15) is 9.67 Å². The minimum atomic E-state index is -4.05. The first kappa shape index (κ1) is 26.9. The van der Waals surface area contributed by atoms with Crippen LogP contribution in [0, 0.1) is 0 Å². The van der Waals surface area contributed by atoms with E-state index in [0.29, 0.717) is 43.1 Å². The van der Waals surface area contributed by atoms with E-state index in [-0.39, 0.29) is 12.6 Å². The van der Waals surface area contributed by atoms with Gasteiger partial charge >= 0.3 is 7.75 Å². The maximum atomic E-state index is 14.2. The molecule has 4 rings (SSSR count). The summed E-state index contributed by atoms with van der Waals surface area (Å²) in [5.74, 6) is 1.37. The molecule has 1 atom stereocenters. The first-order chi connectivity index (χ1) is 18.0. The molecular weight excluding hydrogens is 551 g/mol. The second-order valence-corrected chi connectivity index (χ2v) is 10.9. The van der Waals surface area contributed by atoms with Gasteiger partial charge in [-0.15, -0.1) is 11.3 Å². The number of aliphatic hydroxyl groups excluding tert-OH is 1. The summed E-state index contributed by atoms with van der Waals surface area (Å²) in [6.45, 7) is 4.65. The monoisotopic (exact) mass is 580 g/mol. The van der Waals surface area contributed by atoms with Crippen LogP contribution in [-0.4, -0.2) is 28.5 Å². The van der Waals surface area contributed by atoms with Crippen molar-refractivity contribution in [2.45, 2.75) is 31.8 Å². The lowest BCUT2D eigenvalue weighted by molar-refractivity contribution is 0.287. The van der Waals surface area contributed by atoms with Crippen LogP contribution in [0.25, 0.3) is 0 Å². The molecule has 0 spiro atoms. The Hall–Kier alpha value is -3.12. The normalized spacial score (nSPS) is 16.8. The first-order valence-electron chi connectivity index (χ1n) is 12.1. The summed E-state index contributed by atoms with van der Waals surface area (Å²) in [5, 5.41) is 9.40. The highest BCUT2D eigenvalue weighted by molar-refractivity contribution is 9.10. The van der Waals surface area contributed by atoms with Crippen molar-refractivity contribution in [2.75, 3.05) is 6.61 Å². The molecule has 0 aromatic heterocycles. The van der Waals surface area contributed by atoms with Crippen molar-refractivity contribution in [2.24, 2.45) is 4.76 Å². The fourth-order valence-electron chi connectivity index (χ4n) is 4.07. The molecule has 1 aliphatic heterocycles. The van der Waals surface area contributed by atoms with Crippen LogP contribution in [0.2, 0.25) is 0 Å². The van der Waals surface area contributed by atoms with Crippen LogP contribution in [0.5, 0.6) is 11.5 Å². The van der Waals surface area contributed by atoms with E-state index in [0.717, 1.165) is 15.6 Å². The second kappa shape index (κ2) is 12.9. The van der Waals surface area contributed by atoms with Gasteiger partial charge in [0, 0.05) is 24.0 Å². The largest absolute Gasteiger partial charge is 0.564 e. The molecular formula is C29H30BrN2O4P. The Morgan fingerprint density at radius 1 is 1.00 bits per heavy atom. The van der Waals surface area contributed by atoms with Gasteiger partial charge in [0.15, 0.2) is 0 Å². The summed E-state index contributed by atoms with van der Waals surface area (Å²) in [5.41, 5.74) is 2.14. The Kier molecular flexibility index (Phi) is 9.40. The summed E-state index contributed by atoms with van der Waals surface area (Å²) >= 11 is 3.64. The molecule has 0 radical (unpaired) electrons. The highest BCUT2D eigenvalue weighted by atomic mass is 79.9. The van der Waals surface area contributed by atoms with E-state index in [1.807, 2.05) is 42.5 Å². The molecule has 0 aliphatic carbocycles. The minimum absolute atomic E-state index is 0.0932. The average molecular weight is 581 g/mol. The molecule has 1 heterocycles. The van der Waals surface area contributed by atoms with Crippen molar-refractivity contribution in [3.8, 4) is 11.5 Å². The van der Waals surface area contributed by atoms with Crippen molar-refractivity contribution in [1.82, 2.24) is 4.90 Å². The maximum absolute atomic E-state index is 14.2. The van der Waals surface area contributed by atoms with Gasteiger partial charge < -0.3 is 19.1 Å². The van der Waals surface area contributed by atoms with Crippen molar-refractivity contribution < 1.29 is 18.7 Å². The summed E-state index contributed by atoms with van der Waals surface area (Å²) in [7, 11) is -4.05. The van der Waals surface area contributed by atoms with Crippen LogP contribution in [0.15, 0.2) is 118 Å². The van der Waals surface area contributed by atoms with Gasteiger partial charge in [-0.25, -0.2) is 4.57 Å². The molecule has 3 aromatic carbocycles. The summed E-state index contributed by atoms with van der Waals surface area (Å²) in [6.07, 6.45) is 5.76. The van der Waals surface area contributed by atoms with Crippen LogP contribution in [0.1, 0.15) is 24.8 Å². The Balaban J connectivity index is 1.77. The van der Waals surface area contributed by atoms with Crippen LogP contribution in [0.4, 0.5) is 0 Å². The van der Waals surface area contributed by atoms with Gasteiger partial charge in [0.25, 0.3) is 0 Å². The molecule has 0 saturated carbocycles. The number of benzene rings is 3. The van der Waals surface area contributed by atoms with E-state index in [2.05, 4.69) is 33.5 Å². The van der Waals surface area contributed by atoms with E-state index in [1.165, 1.54) is 0 Å². The standard InChI is InChI=1S/C29H30BrN2O4P/c1-2-25-20-23(12-11-19-33)21-29(32(25)22-24-13-9-10-18-28(24)30)31-37(34,35-26-14-5-3-6-15-26)36-27-16-7-4-8-17-27/h2-10,13-18,20,25,33H,1,11-12,19,21-22H2/b31-29+. The zero-order chi connectivity index (χ0) is 26.1. The molecule has 192 valence electrons. The predicted octanol–water partition coefficient (Wildman–Crippen LogP) is 7.57. The Morgan fingerprint density at radius 3 is 2.16 bits per heavy atom. The van der Waals surface area contributed by atoms with E-state index in [1.54, 1.807) is 48.5 Å². The first-order valence-corrected chi connectivity index (χ1v) is 14.4. The number of aliphatic hydroxyl groups is 1. The molecule has 0 saturated heterocycles. The second-order valence-electron chi connectivity index (χ2n) is 8.57. The zero-order valence-corrected chi connectivity index (χ0v) is 22.9. The topological polar surface area (TPSA) is 71.4 Å². The van der Waals surface area contributed by atoms with Gasteiger partial charge in [0.2, 0.25) is 0 Å². The van der Waals surface area contributed by atoms with Gasteiger partial charge in [-0.3, -0.25) is 0 Å². The number of hydrogen-bond donors (Lipinski definition) is 1. The third kappa shape index (κ3) is 7.45. The summed E-state index contributed by atoms with van der Waals surface area (Å²) in [4.78, 5) is 2.06. The number of amidine groups is 1. The highest BCUT2D eigenvalue weighted by Crippen LogP contribution is 2.51. The average Bonchev–Trinajstić information content (AvgIpc) is 2.90.